The summed E-state index contributed by atoms with van der Waals surface area (Å²) in [4.78, 5) is 0. The lowest BCUT2D eigenvalue weighted by atomic mass is 10.2. The first-order valence-electron chi connectivity index (χ1n) is 5.50. The van der Waals surface area contributed by atoms with Gasteiger partial charge in [-0.25, -0.2) is 4.39 Å². The van der Waals surface area contributed by atoms with Gasteiger partial charge in [0.25, 0.3) is 0 Å². The van der Waals surface area contributed by atoms with Gasteiger partial charge in [0.1, 0.15) is 11.5 Å². The maximum Gasteiger partial charge on any atom is 0.167 e. The van der Waals surface area contributed by atoms with Crippen molar-refractivity contribution in [2.45, 2.75) is 5.33 Å². The Hall–Kier alpha value is -1.07. The molecule has 0 atom stereocenters. The summed E-state index contributed by atoms with van der Waals surface area (Å²) in [5.41, 5.74) is 0.753. The van der Waals surface area contributed by atoms with Crippen LogP contribution in [0.4, 0.5) is 4.39 Å². The van der Waals surface area contributed by atoms with Crippen LogP contribution in [0.2, 0.25) is 0 Å². The monoisotopic (exact) mass is 388 g/mol. The molecule has 0 aromatic heterocycles. The van der Waals surface area contributed by atoms with E-state index in [9.17, 15) is 4.39 Å². The first-order chi connectivity index (χ1) is 9.15. The highest BCUT2D eigenvalue weighted by atomic mass is 79.9. The summed E-state index contributed by atoms with van der Waals surface area (Å²) in [5, 5.41) is 0.522. The number of benzene rings is 2. The summed E-state index contributed by atoms with van der Waals surface area (Å²) >= 11 is 6.70. The van der Waals surface area contributed by atoms with E-state index in [-0.39, 0.29) is 11.6 Å². The topological polar surface area (TPSA) is 18.5 Å². The number of ether oxygens (including phenoxy) is 2. The first-order valence-corrected chi connectivity index (χ1v) is 7.42. The van der Waals surface area contributed by atoms with Gasteiger partial charge in [0.15, 0.2) is 11.6 Å². The first kappa shape index (κ1) is 14.3. The number of hydrogen-bond donors (Lipinski definition) is 0. The Bertz CT molecular complexity index is 588. The van der Waals surface area contributed by atoms with Crippen molar-refractivity contribution in [2.75, 3.05) is 7.11 Å². The Morgan fingerprint density at radius 1 is 1.21 bits per heavy atom. The minimum Gasteiger partial charge on any atom is -0.497 e. The lowest BCUT2D eigenvalue weighted by Gasteiger charge is -2.12. The van der Waals surface area contributed by atoms with Gasteiger partial charge >= 0.3 is 0 Å². The molecular weight excluding hydrogens is 379 g/mol. The van der Waals surface area contributed by atoms with Crippen molar-refractivity contribution in [1.29, 1.82) is 0 Å². The standard InChI is InChI=1S/C14H11Br2FO2/c1-18-10-5-6-13(11(16)7-10)19-14-9(8-15)3-2-4-12(14)17/h2-7H,8H2,1H3. The Morgan fingerprint density at radius 3 is 2.63 bits per heavy atom. The molecule has 0 fully saturated rings. The van der Waals surface area contributed by atoms with E-state index in [1.165, 1.54) is 6.07 Å². The molecule has 0 saturated heterocycles. The Balaban J connectivity index is 2.36. The van der Waals surface area contributed by atoms with E-state index in [4.69, 9.17) is 9.47 Å². The third-order valence-electron chi connectivity index (χ3n) is 2.54. The number of hydrogen-bond acceptors (Lipinski definition) is 2. The fourth-order valence-electron chi connectivity index (χ4n) is 1.57. The fraction of sp³-hybridized carbons (Fsp3) is 0.143. The van der Waals surface area contributed by atoms with Crippen LogP contribution in [0.15, 0.2) is 40.9 Å². The number of rotatable bonds is 4. The van der Waals surface area contributed by atoms with Crippen LogP contribution in [0.25, 0.3) is 0 Å². The second-order valence-corrected chi connectivity index (χ2v) is 5.18. The number of para-hydroxylation sites is 1. The van der Waals surface area contributed by atoms with Gasteiger partial charge in [0.2, 0.25) is 0 Å². The molecule has 0 aliphatic carbocycles. The van der Waals surface area contributed by atoms with Crippen molar-refractivity contribution in [2.24, 2.45) is 0 Å². The van der Waals surface area contributed by atoms with Crippen LogP contribution < -0.4 is 9.47 Å². The molecule has 19 heavy (non-hydrogen) atoms. The lowest BCUT2D eigenvalue weighted by molar-refractivity contribution is 0.409. The highest BCUT2D eigenvalue weighted by Gasteiger charge is 2.12. The lowest BCUT2D eigenvalue weighted by Crippen LogP contribution is -1.94. The van der Waals surface area contributed by atoms with Crippen LogP contribution >= 0.6 is 31.9 Å². The van der Waals surface area contributed by atoms with Gasteiger partial charge in [-0.15, -0.1) is 0 Å². The fourth-order valence-corrected chi connectivity index (χ4v) is 2.45. The van der Waals surface area contributed by atoms with Gasteiger partial charge in [0, 0.05) is 10.9 Å². The smallest absolute Gasteiger partial charge is 0.167 e. The molecule has 2 rings (SSSR count). The van der Waals surface area contributed by atoms with Crippen molar-refractivity contribution in [3.8, 4) is 17.2 Å². The van der Waals surface area contributed by atoms with E-state index < -0.39 is 0 Å². The van der Waals surface area contributed by atoms with E-state index in [2.05, 4.69) is 31.9 Å². The van der Waals surface area contributed by atoms with Gasteiger partial charge < -0.3 is 9.47 Å². The molecular formula is C14H11Br2FO2. The summed E-state index contributed by atoms with van der Waals surface area (Å²) in [5.74, 6) is 1.08. The zero-order valence-electron chi connectivity index (χ0n) is 10.1. The van der Waals surface area contributed by atoms with Crippen LogP contribution in [-0.4, -0.2) is 7.11 Å². The van der Waals surface area contributed by atoms with E-state index >= 15 is 0 Å². The average molecular weight is 390 g/mol. The molecule has 0 heterocycles. The van der Waals surface area contributed by atoms with Crippen molar-refractivity contribution >= 4 is 31.9 Å². The maximum atomic E-state index is 13.8. The molecule has 0 bridgehead atoms. The van der Waals surface area contributed by atoms with Crippen molar-refractivity contribution in [1.82, 2.24) is 0 Å². The predicted molar refractivity (Wildman–Crippen MR) is 79.8 cm³/mol. The highest BCUT2D eigenvalue weighted by Crippen LogP contribution is 2.35. The van der Waals surface area contributed by atoms with Crippen LogP contribution in [0.1, 0.15) is 5.56 Å². The van der Waals surface area contributed by atoms with Crippen LogP contribution in [0, 0.1) is 5.82 Å². The molecule has 0 aliphatic heterocycles. The zero-order valence-corrected chi connectivity index (χ0v) is 13.3. The molecule has 0 spiro atoms. The molecule has 0 N–H and O–H groups in total. The average Bonchev–Trinajstić information content (AvgIpc) is 2.42. The van der Waals surface area contributed by atoms with Crippen molar-refractivity contribution in [3.63, 3.8) is 0 Å². The number of alkyl halides is 1. The summed E-state index contributed by atoms with van der Waals surface area (Å²) in [7, 11) is 1.59. The van der Waals surface area contributed by atoms with Gasteiger partial charge in [-0.1, -0.05) is 28.1 Å². The summed E-state index contributed by atoms with van der Waals surface area (Å²) in [6.45, 7) is 0. The molecule has 0 saturated carbocycles. The third kappa shape index (κ3) is 3.28. The van der Waals surface area contributed by atoms with Crippen LogP contribution in [-0.2, 0) is 5.33 Å². The second-order valence-electron chi connectivity index (χ2n) is 3.76. The van der Waals surface area contributed by atoms with Crippen molar-refractivity contribution < 1.29 is 13.9 Å². The summed E-state index contributed by atoms with van der Waals surface area (Å²) in [6.07, 6.45) is 0. The minimum atomic E-state index is -0.389. The van der Waals surface area contributed by atoms with Gasteiger partial charge in [-0.05, 0) is 40.2 Å². The Labute approximate surface area is 127 Å². The SMILES string of the molecule is COc1ccc(Oc2c(F)cccc2CBr)c(Br)c1. The molecule has 0 unspecified atom stereocenters. The molecule has 100 valence electrons. The van der Waals surface area contributed by atoms with Crippen molar-refractivity contribution in [3.05, 3.63) is 52.3 Å². The molecule has 0 aliphatic rings. The van der Waals surface area contributed by atoms with Crippen LogP contribution in [0.5, 0.6) is 17.2 Å². The largest absolute Gasteiger partial charge is 0.497 e. The van der Waals surface area contributed by atoms with E-state index in [0.717, 1.165) is 5.56 Å². The van der Waals surface area contributed by atoms with E-state index in [1.54, 1.807) is 31.4 Å². The van der Waals surface area contributed by atoms with Crippen LogP contribution in [0.3, 0.4) is 0 Å². The third-order valence-corrected chi connectivity index (χ3v) is 3.77. The van der Waals surface area contributed by atoms with Gasteiger partial charge in [-0.3, -0.25) is 0 Å². The molecule has 0 amide bonds. The molecule has 0 radical (unpaired) electrons. The minimum absolute atomic E-state index is 0.227. The van der Waals surface area contributed by atoms with Gasteiger partial charge in [-0.2, -0.15) is 0 Å². The zero-order chi connectivity index (χ0) is 13.8. The second kappa shape index (κ2) is 6.39. The van der Waals surface area contributed by atoms with E-state index in [1.807, 2.05) is 6.07 Å². The normalized spacial score (nSPS) is 10.3. The predicted octanol–water partition coefficient (Wildman–Crippen LogP) is 5.28. The Kier molecular flexibility index (Phi) is 4.82. The quantitative estimate of drug-likeness (QED) is 0.662. The van der Waals surface area contributed by atoms with E-state index in [0.29, 0.717) is 21.3 Å². The molecule has 5 heteroatoms. The van der Waals surface area contributed by atoms with Gasteiger partial charge in [0.05, 0.1) is 11.6 Å². The summed E-state index contributed by atoms with van der Waals surface area (Å²) in [6, 6.07) is 10.1. The molecule has 2 aromatic carbocycles. The Morgan fingerprint density at radius 2 is 2.00 bits per heavy atom. The highest BCUT2D eigenvalue weighted by molar-refractivity contribution is 9.10. The summed E-state index contributed by atoms with van der Waals surface area (Å²) < 4.78 is 25.3. The molecule has 2 aromatic rings. The number of methoxy groups -OCH3 is 1. The maximum absolute atomic E-state index is 13.8. The number of halogens is 3. The molecule has 2 nitrogen and oxygen atoms in total.